The Morgan fingerprint density at radius 3 is 2.65 bits per heavy atom. The highest BCUT2D eigenvalue weighted by molar-refractivity contribution is 5.79. The predicted molar refractivity (Wildman–Crippen MR) is 108 cm³/mol. The fourth-order valence-electron chi connectivity index (χ4n) is 3.29. The van der Waals surface area contributed by atoms with E-state index in [4.69, 9.17) is 4.99 Å². The molecule has 1 aliphatic rings. The first-order valence-corrected chi connectivity index (χ1v) is 10.0. The summed E-state index contributed by atoms with van der Waals surface area (Å²) in [7, 11) is 0. The number of benzene rings is 1. The van der Waals surface area contributed by atoms with Gasteiger partial charge in [-0.1, -0.05) is 26.0 Å². The highest BCUT2D eigenvalue weighted by Crippen LogP contribution is 2.24. The van der Waals surface area contributed by atoms with Crippen molar-refractivity contribution in [3.05, 3.63) is 35.6 Å². The SMILES string of the molecule is CCNC(=NCC(C)(C)c1cccc(F)c1)NCCCCN1CCCC1. The van der Waals surface area contributed by atoms with Gasteiger partial charge >= 0.3 is 0 Å². The molecule has 1 aromatic carbocycles. The van der Waals surface area contributed by atoms with Crippen molar-refractivity contribution in [1.82, 2.24) is 15.5 Å². The van der Waals surface area contributed by atoms with Gasteiger partial charge in [-0.3, -0.25) is 4.99 Å². The molecular weight excluding hydrogens is 327 g/mol. The summed E-state index contributed by atoms with van der Waals surface area (Å²) in [6.07, 6.45) is 5.09. The van der Waals surface area contributed by atoms with Crippen LogP contribution in [0.2, 0.25) is 0 Å². The average molecular weight is 363 g/mol. The van der Waals surface area contributed by atoms with Gasteiger partial charge in [-0.15, -0.1) is 0 Å². The largest absolute Gasteiger partial charge is 0.357 e. The highest BCUT2D eigenvalue weighted by Gasteiger charge is 2.21. The monoisotopic (exact) mass is 362 g/mol. The number of likely N-dealkylation sites (tertiary alicyclic amines) is 1. The number of guanidine groups is 1. The van der Waals surface area contributed by atoms with Gasteiger partial charge in [0.05, 0.1) is 6.54 Å². The number of nitrogens with zero attached hydrogens (tertiary/aromatic N) is 2. The van der Waals surface area contributed by atoms with E-state index >= 15 is 0 Å². The number of nitrogens with one attached hydrogen (secondary N) is 2. The van der Waals surface area contributed by atoms with Gasteiger partial charge in [0, 0.05) is 18.5 Å². The molecule has 146 valence electrons. The van der Waals surface area contributed by atoms with E-state index in [0.717, 1.165) is 31.0 Å². The van der Waals surface area contributed by atoms with Crippen LogP contribution < -0.4 is 10.6 Å². The topological polar surface area (TPSA) is 39.7 Å². The molecule has 4 nitrogen and oxygen atoms in total. The molecule has 2 N–H and O–H groups in total. The molecule has 26 heavy (non-hydrogen) atoms. The third kappa shape index (κ3) is 6.94. The smallest absolute Gasteiger partial charge is 0.191 e. The Hall–Kier alpha value is -1.62. The summed E-state index contributed by atoms with van der Waals surface area (Å²) in [5.41, 5.74) is 0.767. The van der Waals surface area contributed by atoms with E-state index in [1.807, 2.05) is 6.07 Å². The molecule has 2 rings (SSSR count). The van der Waals surface area contributed by atoms with Crippen molar-refractivity contribution in [3.63, 3.8) is 0 Å². The third-order valence-corrected chi connectivity index (χ3v) is 4.98. The van der Waals surface area contributed by atoms with Crippen LogP contribution in [-0.2, 0) is 5.41 Å². The van der Waals surface area contributed by atoms with Gasteiger partial charge in [0.15, 0.2) is 5.96 Å². The van der Waals surface area contributed by atoms with Crippen LogP contribution in [-0.4, -0.2) is 50.1 Å². The summed E-state index contributed by atoms with van der Waals surface area (Å²) in [4.78, 5) is 7.28. The van der Waals surface area contributed by atoms with Crippen LogP contribution in [0.15, 0.2) is 29.3 Å². The number of unbranched alkanes of at least 4 members (excludes halogenated alkanes) is 1. The third-order valence-electron chi connectivity index (χ3n) is 4.98. The fraction of sp³-hybridized carbons (Fsp3) is 0.667. The lowest BCUT2D eigenvalue weighted by atomic mass is 9.85. The normalized spacial score (nSPS) is 16.1. The van der Waals surface area contributed by atoms with E-state index in [0.29, 0.717) is 6.54 Å². The summed E-state index contributed by atoms with van der Waals surface area (Å²) in [6.45, 7) is 12.4. The quantitative estimate of drug-likeness (QED) is 0.401. The van der Waals surface area contributed by atoms with Gasteiger partial charge in [0.1, 0.15) is 5.82 Å². The first-order chi connectivity index (χ1) is 12.5. The molecule has 0 bridgehead atoms. The summed E-state index contributed by atoms with van der Waals surface area (Å²) < 4.78 is 13.5. The molecule has 1 fully saturated rings. The number of halogens is 1. The lowest BCUT2D eigenvalue weighted by Crippen LogP contribution is -2.39. The summed E-state index contributed by atoms with van der Waals surface area (Å²) >= 11 is 0. The van der Waals surface area contributed by atoms with Gasteiger partial charge < -0.3 is 15.5 Å². The maximum absolute atomic E-state index is 13.5. The molecule has 0 unspecified atom stereocenters. The Balaban J connectivity index is 1.79. The Bertz CT molecular complexity index is 565. The van der Waals surface area contributed by atoms with E-state index < -0.39 is 0 Å². The van der Waals surface area contributed by atoms with Crippen molar-refractivity contribution in [1.29, 1.82) is 0 Å². The Morgan fingerprint density at radius 1 is 1.19 bits per heavy atom. The number of aliphatic imine (C=N–C) groups is 1. The number of rotatable bonds is 9. The molecule has 0 atom stereocenters. The first-order valence-electron chi connectivity index (χ1n) is 10.0. The molecule has 0 saturated carbocycles. The minimum absolute atomic E-state index is 0.192. The molecule has 1 heterocycles. The second-order valence-corrected chi connectivity index (χ2v) is 7.77. The van der Waals surface area contributed by atoms with E-state index in [9.17, 15) is 4.39 Å². The molecule has 1 aliphatic heterocycles. The minimum Gasteiger partial charge on any atom is -0.357 e. The van der Waals surface area contributed by atoms with E-state index in [-0.39, 0.29) is 11.2 Å². The van der Waals surface area contributed by atoms with Gasteiger partial charge in [-0.05, 0) is 69.9 Å². The molecule has 0 spiro atoms. The van der Waals surface area contributed by atoms with Gasteiger partial charge in [0.25, 0.3) is 0 Å². The van der Waals surface area contributed by atoms with Gasteiger partial charge in [-0.2, -0.15) is 0 Å². The van der Waals surface area contributed by atoms with Crippen molar-refractivity contribution in [2.45, 2.75) is 51.9 Å². The van der Waals surface area contributed by atoms with Crippen molar-refractivity contribution in [2.75, 3.05) is 39.3 Å². The zero-order valence-electron chi connectivity index (χ0n) is 16.7. The predicted octanol–water partition coefficient (Wildman–Crippen LogP) is 3.53. The standard InChI is InChI=1S/C21H35FN4/c1-4-23-20(24-12-5-6-13-26-14-7-8-15-26)25-17-21(2,3)18-10-9-11-19(22)16-18/h9-11,16H,4-8,12-15,17H2,1-3H3,(H2,23,24,25). The molecule has 1 saturated heterocycles. The molecule has 1 aromatic rings. The van der Waals surface area contributed by atoms with Gasteiger partial charge in [0.2, 0.25) is 0 Å². The van der Waals surface area contributed by atoms with E-state index in [1.54, 1.807) is 12.1 Å². The van der Waals surface area contributed by atoms with Crippen LogP contribution in [0.3, 0.4) is 0 Å². The maximum Gasteiger partial charge on any atom is 0.191 e. The molecule has 0 aromatic heterocycles. The lowest BCUT2D eigenvalue weighted by Gasteiger charge is -2.24. The molecule has 0 radical (unpaired) electrons. The van der Waals surface area contributed by atoms with Crippen LogP contribution in [0.4, 0.5) is 4.39 Å². The van der Waals surface area contributed by atoms with Crippen molar-refractivity contribution in [3.8, 4) is 0 Å². The lowest BCUT2D eigenvalue weighted by molar-refractivity contribution is 0.330. The van der Waals surface area contributed by atoms with Gasteiger partial charge in [-0.25, -0.2) is 4.39 Å². The van der Waals surface area contributed by atoms with Crippen LogP contribution in [0, 0.1) is 5.82 Å². The summed E-state index contributed by atoms with van der Waals surface area (Å²) in [5, 5.41) is 6.73. The van der Waals surface area contributed by atoms with E-state index in [2.05, 4.69) is 36.3 Å². The summed E-state index contributed by atoms with van der Waals surface area (Å²) in [6, 6.07) is 6.82. The van der Waals surface area contributed by atoms with Crippen LogP contribution in [0.25, 0.3) is 0 Å². The first kappa shape index (κ1) is 20.7. The summed E-state index contributed by atoms with van der Waals surface area (Å²) in [5.74, 6) is 0.653. The number of hydrogen-bond donors (Lipinski definition) is 2. The van der Waals surface area contributed by atoms with Crippen LogP contribution in [0.5, 0.6) is 0 Å². The molecule has 0 aliphatic carbocycles. The zero-order chi connectivity index (χ0) is 18.8. The van der Waals surface area contributed by atoms with Crippen molar-refractivity contribution >= 4 is 5.96 Å². The van der Waals surface area contributed by atoms with E-state index in [1.165, 1.54) is 45.0 Å². The average Bonchev–Trinajstić information content (AvgIpc) is 3.13. The van der Waals surface area contributed by atoms with Crippen molar-refractivity contribution < 1.29 is 4.39 Å². The highest BCUT2D eigenvalue weighted by atomic mass is 19.1. The number of hydrogen-bond acceptors (Lipinski definition) is 2. The zero-order valence-corrected chi connectivity index (χ0v) is 16.7. The van der Waals surface area contributed by atoms with Crippen LogP contribution >= 0.6 is 0 Å². The molecular formula is C21H35FN4. The molecule has 0 amide bonds. The molecule has 5 heteroatoms. The maximum atomic E-state index is 13.5. The fourth-order valence-corrected chi connectivity index (χ4v) is 3.29. The minimum atomic E-state index is -0.208. The second kappa shape index (κ2) is 10.5. The second-order valence-electron chi connectivity index (χ2n) is 7.77. The Kier molecular flexibility index (Phi) is 8.36. The Labute approximate surface area is 158 Å². The Morgan fingerprint density at radius 2 is 1.96 bits per heavy atom. The van der Waals surface area contributed by atoms with Crippen LogP contribution in [0.1, 0.15) is 52.0 Å². The van der Waals surface area contributed by atoms with Crippen molar-refractivity contribution in [2.24, 2.45) is 4.99 Å².